The molecule has 2 aliphatic rings. The number of halogens is 2. The topological polar surface area (TPSA) is 82.9 Å². The molecule has 5 nitrogen and oxygen atoms in total. The minimum Gasteiger partial charge on any atom is -0.352 e. The van der Waals surface area contributed by atoms with Crippen molar-refractivity contribution in [3.63, 3.8) is 0 Å². The lowest BCUT2D eigenvalue weighted by atomic mass is 9.77. The summed E-state index contributed by atoms with van der Waals surface area (Å²) in [6.45, 7) is 0. The Balaban J connectivity index is 1.67. The van der Waals surface area contributed by atoms with E-state index >= 15 is 0 Å². The van der Waals surface area contributed by atoms with Crippen LogP contribution in [-0.4, -0.2) is 22.3 Å². The zero-order valence-electron chi connectivity index (χ0n) is 16.3. The van der Waals surface area contributed by atoms with Crippen LogP contribution in [0.5, 0.6) is 0 Å². The molecule has 0 amide bonds. The van der Waals surface area contributed by atoms with Crippen LogP contribution in [0.2, 0.25) is 10.0 Å². The van der Waals surface area contributed by atoms with Crippen molar-refractivity contribution in [3.05, 3.63) is 85.8 Å². The molecule has 0 bridgehead atoms. The van der Waals surface area contributed by atoms with Gasteiger partial charge in [0, 0.05) is 40.7 Å². The molecule has 1 atom stereocenters. The van der Waals surface area contributed by atoms with Gasteiger partial charge >= 0.3 is 0 Å². The highest BCUT2D eigenvalue weighted by Crippen LogP contribution is 2.43. The monoisotopic (exact) mass is 469 g/mol. The molecule has 0 saturated carbocycles. The molecule has 1 unspecified atom stereocenters. The number of carbonyl (C=O) groups is 2. The Hall–Kier alpha value is -2.59. The third-order valence-corrected chi connectivity index (χ3v) is 6.82. The molecule has 1 aromatic carbocycles. The number of ketones is 2. The van der Waals surface area contributed by atoms with Gasteiger partial charge in [0.25, 0.3) is 0 Å². The van der Waals surface area contributed by atoms with Crippen LogP contribution >= 0.6 is 35.0 Å². The molecular formula is C23H17Cl2N3O2S. The average molecular weight is 470 g/mol. The predicted octanol–water partition coefficient (Wildman–Crippen LogP) is 5.43. The third kappa shape index (κ3) is 4.40. The van der Waals surface area contributed by atoms with Gasteiger partial charge in [0.15, 0.2) is 11.6 Å². The van der Waals surface area contributed by atoms with Crippen molar-refractivity contribution in [2.24, 2.45) is 0 Å². The maximum Gasteiger partial charge on any atom is 0.174 e. The Morgan fingerprint density at radius 3 is 2.84 bits per heavy atom. The van der Waals surface area contributed by atoms with Crippen LogP contribution in [-0.2, 0) is 4.79 Å². The van der Waals surface area contributed by atoms with Crippen molar-refractivity contribution < 1.29 is 9.59 Å². The largest absolute Gasteiger partial charge is 0.352 e. The lowest BCUT2D eigenvalue weighted by Crippen LogP contribution is -2.31. The number of pyridine rings is 1. The lowest BCUT2D eigenvalue weighted by molar-refractivity contribution is -0.116. The normalized spacial score (nSPS) is 18.4. The standard InChI is InChI=1S/C23H17Cl2N3O2S/c24-14-6-7-15(17(25)9-14)20(30)12-31-23-16(10-26)21(13-3-2-8-27-11-13)22-18(28-23)4-1-5-19(22)29/h2-3,6-9,11,21,28H,1,4-5,12H2. The molecular weight excluding hydrogens is 453 g/mol. The fraction of sp³-hybridized carbons (Fsp3) is 0.217. The van der Waals surface area contributed by atoms with Crippen LogP contribution in [0.1, 0.15) is 41.1 Å². The van der Waals surface area contributed by atoms with Crippen LogP contribution in [0.15, 0.2) is 64.6 Å². The summed E-state index contributed by atoms with van der Waals surface area (Å²) in [5.41, 5.74) is 3.04. The summed E-state index contributed by atoms with van der Waals surface area (Å²) in [6, 6.07) is 10.7. The molecule has 0 spiro atoms. The van der Waals surface area contributed by atoms with Crippen molar-refractivity contribution >= 4 is 46.5 Å². The summed E-state index contributed by atoms with van der Waals surface area (Å²) in [5.74, 6) is -0.524. The molecule has 1 aliphatic heterocycles. The Labute approximate surface area is 194 Å². The van der Waals surface area contributed by atoms with Gasteiger partial charge in [-0.2, -0.15) is 5.26 Å². The van der Waals surface area contributed by atoms with Gasteiger partial charge in [-0.15, -0.1) is 0 Å². The summed E-state index contributed by atoms with van der Waals surface area (Å²) in [5, 5.41) is 14.6. The molecule has 4 rings (SSSR count). The Bertz CT molecular complexity index is 1170. The van der Waals surface area contributed by atoms with E-state index in [1.807, 2.05) is 6.07 Å². The number of aromatic nitrogens is 1. The van der Waals surface area contributed by atoms with Crippen LogP contribution in [0.25, 0.3) is 0 Å². The van der Waals surface area contributed by atoms with Gasteiger partial charge in [-0.25, -0.2) is 0 Å². The molecule has 0 saturated heterocycles. The zero-order chi connectivity index (χ0) is 22.0. The molecule has 2 aromatic rings. The second-order valence-electron chi connectivity index (χ2n) is 7.20. The van der Waals surface area contributed by atoms with E-state index in [1.54, 1.807) is 30.6 Å². The van der Waals surface area contributed by atoms with Crippen molar-refractivity contribution in [3.8, 4) is 6.07 Å². The van der Waals surface area contributed by atoms with Gasteiger partial charge in [0.05, 0.1) is 33.4 Å². The van der Waals surface area contributed by atoms with E-state index in [-0.39, 0.29) is 17.3 Å². The highest BCUT2D eigenvalue weighted by molar-refractivity contribution is 8.03. The first-order chi connectivity index (χ1) is 15.0. The van der Waals surface area contributed by atoms with Crippen LogP contribution in [0.3, 0.4) is 0 Å². The molecule has 0 fully saturated rings. The molecule has 1 aliphatic carbocycles. The SMILES string of the molecule is N#CC1=C(SCC(=O)c2ccc(Cl)cc2Cl)NC2=C(C(=O)CCC2)C1c1cccnc1. The number of dihydropyridines is 1. The second-order valence-corrected chi connectivity index (χ2v) is 9.03. The molecule has 31 heavy (non-hydrogen) atoms. The van der Waals surface area contributed by atoms with E-state index in [1.165, 1.54) is 17.8 Å². The summed E-state index contributed by atoms with van der Waals surface area (Å²) >= 11 is 13.3. The smallest absolute Gasteiger partial charge is 0.174 e. The molecule has 8 heteroatoms. The third-order valence-electron chi connectivity index (χ3n) is 5.26. The fourth-order valence-electron chi connectivity index (χ4n) is 3.85. The zero-order valence-corrected chi connectivity index (χ0v) is 18.7. The summed E-state index contributed by atoms with van der Waals surface area (Å²) in [7, 11) is 0. The first-order valence-corrected chi connectivity index (χ1v) is 11.4. The number of allylic oxidation sites excluding steroid dienone is 3. The minimum atomic E-state index is -0.487. The molecule has 2 heterocycles. The van der Waals surface area contributed by atoms with Crippen molar-refractivity contribution in [1.29, 1.82) is 5.26 Å². The highest BCUT2D eigenvalue weighted by atomic mass is 35.5. The highest BCUT2D eigenvalue weighted by Gasteiger charge is 2.37. The number of nitrogens with one attached hydrogen (secondary N) is 1. The first kappa shape index (κ1) is 21.6. The van der Waals surface area contributed by atoms with Gasteiger partial charge in [-0.3, -0.25) is 14.6 Å². The van der Waals surface area contributed by atoms with E-state index < -0.39 is 5.92 Å². The minimum absolute atomic E-state index is 0.0448. The Kier molecular flexibility index (Phi) is 6.47. The average Bonchev–Trinajstić information content (AvgIpc) is 2.77. The number of benzene rings is 1. The number of rotatable bonds is 5. The molecule has 156 valence electrons. The quantitative estimate of drug-likeness (QED) is 0.587. The van der Waals surface area contributed by atoms with Crippen LogP contribution in [0.4, 0.5) is 0 Å². The number of nitriles is 1. The molecule has 0 radical (unpaired) electrons. The summed E-state index contributed by atoms with van der Waals surface area (Å²) in [6.07, 6.45) is 5.27. The number of hydrogen-bond acceptors (Lipinski definition) is 6. The van der Waals surface area contributed by atoms with E-state index in [0.717, 1.165) is 24.1 Å². The fourth-order valence-corrected chi connectivity index (χ4v) is 5.31. The number of Topliss-reactive ketones (excluding diaryl/α,β-unsaturated/α-hetero) is 2. The second kappa shape index (κ2) is 9.27. The van der Waals surface area contributed by atoms with E-state index in [2.05, 4.69) is 16.4 Å². The van der Waals surface area contributed by atoms with Crippen LogP contribution < -0.4 is 5.32 Å². The number of nitrogens with zero attached hydrogens (tertiary/aromatic N) is 2. The van der Waals surface area contributed by atoms with Gasteiger partial charge in [-0.05, 0) is 42.7 Å². The summed E-state index contributed by atoms with van der Waals surface area (Å²) in [4.78, 5) is 29.7. The van der Waals surface area contributed by atoms with E-state index in [4.69, 9.17) is 23.2 Å². The summed E-state index contributed by atoms with van der Waals surface area (Å²) < 4.78 is 0. The van der Waals surface area contributed by atoms with E-state index in [9.17, 15) is 14.9 Å². The first-order valence-electron chi connectivity index (χ1n) is 9.68. The van der Waals surface area contributed by atoms with Gasteiger partial charge < -0.3 is 5.32 Å². The van der Waals surface area contributed by atoms with Gasteiger partial charge in [-0.1, -0.05) is 41.0 Å². The number of carbonyl (C=O) groups excluding carboxylic acids is 2. The van der Waals surface area contributed by atoms with Gasteiger partial charge in [0.2, 0.25) is 0 Å². The molecule has 1 aromatic heterocycles. The Morgan fingerprint density at radius 1 is 1.29 bits per heavy atom. The Morgan fingerprint density at radius 2 is 2.13 bits per heavy atom. The predicted molar refractivity (Wildman–Crippen MR) is 122 cm³/mol. The van der Waals surface area contributed by atoms with Gasteiger partial charge in [0.1, 0.15) is 0 Å². The maximum absolute atomic E-state index is 12.8. The molecule has 1 N–H and O–H groups in total. The lowest BCUT2D eigenvalue weighted by Gasteiger charge is -2.33. The maximum atomic E-state index is 12.8. The number of thioether (sulfide) groups is 1. The van der Waals surface area contributed by atoms with Crippen molar-refractivity contribution in [2.45, 2.75) is 25.2 Å². The number of hydrogen-bond donors (Lipinski definition) is 1. The van der Waals surface area contributed by atoms with Crippen molar-refractivity contribution in [1.82, 2.24) is 10.3 Å². The van der Waals surface area contributed by atoms with Crippen LogP contribution in [0, 0.1) is 11.3 Å². The van der Waals surface area contributed by atoms with Crippen molar-refractivity contribution in [2.75, 3.05) is 5.75 Å². The van der Waals surface area contributed by atoms with E-state index in [0.29, 0.717) is 38.2 Å².